The number of aromatic nitrogens is 1. The van der Waals surface area contributed by atoms with Crippen molar-refractivity contribution in [2.45, 2.75) is 38.1 Å². The van der Waals surface area contributed by atoms with Gasteiger partial charge in [-0.25, -0.2) is 13.1 Å². The Morgan fingerprint density at radius 1 is 1.12 bits per heavy atom. The maximum atomic E-state index is 12.5. The highest BCUT2D eigenvalue weighted by molar-refractivity contribution is 7.89. The first-order chi connectivity index (χ1) is 12.3. The Hall–Kier alpha value is -2.25. The molecule has 0 saturated carbocycles. The Kier molecular flexibility index (Phi) is 6.88. The van der Waals surface area contributed by atoms with Crippen LogP contribution in [0.1, 0.15) is 36.7 Å². The van der Waals surface area contributed by atoms with E-state index in [4.69, 9.17) is 0 Å². The van der Waals surface area contributed by atoms with Gasteiger partial charge in [0.1, 0.15) is 0 Å². The minimum absolute atomic E-state index is 0.00116. The minimum atomic E-state index is -3.68. The second kappa shape index (κ2) is 8.91. The zero-order valence-corrected chi connectivity index (χ0v) is 16.1. The summed E-state index contributed by atoms with van der Waals surface area (Å²) in [6, 6.07) is 9.75. The summed E-state index contributed by atoms with van der Waals surface area (Å²) in [5.74, 6) is 0.0146. The summed E-state index contributed by atoms with van der Waals surface area (Å²) in [6.45, 7) is 6.22. The van der Waals surface area contributed by atoms with Crippen LogP contribution < -0.4 is 10.0 Å². The largest absolute Gasteiger partial charge is 0.349 e. The highest BCUT2D eigenvalue weighted by Crippen LogP contribution is 2.12. The van der Waals surface area contributed by atoms with Crippen LogP contribution in [0.3, 0.4) is 0 Å². The van der Waals surface area contributed by atoms with Gasteiger partial charge >= 0.3 is 0 Å². The Balaban J connectivity index is 2.04. The first-order valence-corrected chi connectivity index (χ1v) is 10.1. The van der Waals surface area contributed by atoms with Gasteiger partial charge in [0.05, 0.1) is 4.90 Å². The van der Waals surface area contributed by atoms with Crippen molar-refractivity contribution in [1.82, 2.24) is 15.0 Å². The molecule has 1 aromatic heterocycles. The summed E-state index contributed by atoms with van der Waals surface area (Å²) in [7, 11) is -3.68. The maximum Gasteiger partial charge on any atom is 0.251 e. The van der Waals surface area contributed by atoms with E-state index in [0.29, 0.717) is 17.9 Å². The van der Waals surface area contributed by atoms with Gasteiger partial charge in [0.25, 0.3) is 5.91 Å². The summed E-state index contributed by atoms with van der Waals surface area (Å²) in [5.41, 5.74) is 1.33. The quantitative estimate of drug-likeness (QED) is 0.741. The van der Waals surface area contributed by atoms with Crippen LogP contribution >= 0.6 is 0 Å². The summed E-state index contributed by atoms with van der Waals surface area (Å²) in [4.78, 5) is 16.3. The molecule has 0 unspecified atom stereocenters. The predicted molar refractivity (Wildman–Crippen MR) is 101 cm³/mol. The molecule has 1 aromatic carbocycles. The predicted octanol–water partition coefficient (Wildman–Crippen LogP) is 2.38. The number of amides is 1. The van der Waals surface area contributed by atoms with E-state index in [1.165, 1.54) is 12.1 Å². The number of carbonyl (C=O) groups is 1. The fraction of sp³-hybridized carbons (Fsp3) is 0.368. The summed E-state index contributed by atoms with van der Waals surface area (Å²) >= 11 is 0. The molecule has 2 rings (SSSR count). The lowest BCUT2D eigenvalue weighted by molar-refractivity contribution is 0.0930. The lowest BCUT2D eigenvalue weighted by Crippen LogP contribution is -2.36. The molecule has 1 heterocycles. The van der Waals surface area contributed by atoms with Gasteiger partial charge in [0, 0.05) is 30.5 Å². The topological polar surface area (TPSA) is 88.2 Å². The molecule has 1 amide bonds. The number of hydrogen-bond acceptors (Lipinski definition) is 4. The van der Waals surface area contributed by atoms with Crippen molar-refractivity contribution in [3.05, 3.63) is 59.9 Å². The molecule has 0 radical (unpaired) electrons. The number of hydrogen-bond donors (Lipinski definition) is 2. The van der Waals surface area contributed by atoms with E-state index in [9.17, 15) is 13.2 Å². The van der Waals surface area contributed by atoms with Crippen LogP contribution in [-0.4, -0.2) is 31.9 Å². The molecular formula is C19H25N3O3S. The van der Waals surface area contributed by atoms with Gasteiger partial charge in [-0.2, -0.15) is 0 Å². The molecule has 6 nitrogen and oxygen atoms in total. The molecule has 2 N–H and O–H groups in total. The third-order valence-electron chi connectivity index (χ3n) is 4.22. The van der Waals surface area contributed by atoms with Gasteiger partial charge in [0.15, 0.2) is 0 Å². The molecule has 0 saturated heterocycles. The zero-order valence-electron chi connectivity index (χ0n) is 15.3. The van der Waals surface area contributed by atoms with Gasteiger partial charge in [0.2, 0.25) is 10.0 Å². The highest BCUT2D eigenvalue weighted by Gasteiger charge is 2.17. The molecule has 0 bridgehead atoms. The Morgan fingerprint density at radius 2 is 1.81 bits per heavy atom. The molecule has 2 aromatic rings. The van der Waals surface area contributed by atoms with Crippen molar-refractivity contribution in [2.24, 2.45) is 5.92 Å². The molecule has 140 valence electrons. The van der Waals surface area contributed by atoms with Crippen LogP contribution in [0.15, 0.2) is 53.7 Å². The van der Waals surface area contributed by atoms with Gasteiger partial charge in [-0.05, 0) is 55.2 Å². The van der Waals surface area contributed by atoms with E-state index in [2.05, 4.69) is 15.0 Å². The van der Waals surface area contributed by atoms with E-state index >= 15 is 0 Å². The van der Waals surface area contributed by atoms with Crippen molar-refractivity contribution in [3.8, 4) is 0 Å². The Labute approximate surface area is 155 Å². The third kappa shape index (κ3) is 5.64. The van der Waals surface area contributed by atoms with Crippen molar-refractivity contribution >= 4 is 15.9 Å². The monoisotopic (exact) mass is 375 g/mol. The van der Waals surface area contributed by atoms with Crippen LogP contribution in [0.5, 0.6) is 0 Å². The second-order valence-electron chi connectivity index (χ2n) is 6.54. The van der Waals surface area contributed by atoms with Crippen LogP contribution in [0.4, 0.5) is 0 Å². The van der Waals surface area contributed by atoms with E-state index in [1.807, 2.05) is 32.9 Å². The van der Waals surface area contributed by atoms with Crippen LogP contribution in [0, 0.1) is 5.92 Å². The number of carbonyl (C=O) groups excluding carboxylic acids is 1. The average molecular weight is 375 g/mol. The number of benzene rings is 1. The zero-order chi connectivity index (χ0) is 19.2. The SMILES string of the molecule is CC(C)[C@H](C)NC(=O)c1cccc(S(=O)(=O)NCCc2ccncc2)c1. The van der Waals surface area contributed by atoms with Crippen LogP contribution in [0.2, 0.25) is 0 Å². The highest BCUT2D eigenvalue weighted by atomic mass is 32.2. The molecule has 0 aliphatic heterocycles. The standard InChI is InChI=1S/C19H25N3O3S/c1-14(2)15(3)22-19(23)17-5-4-6-18(13-17)26(24,25)21-12-9-16-7-10-20-11-8-16/h4-8,10-11,13-15,21H,9,12H2,1-3H3,(H,22,23)/t15-/m0/s1. The van der Waals surface area contributed by atoms with Crippen molar-refractivity contribution in [1.29, 1.82) is 0 Å². The summed E-state index contributed by atoms with van der Waals surface area (Å²) in [6.07, 6.45) is 3.90. The number of rotatable bonds is 8. The fourth-order valence-corrected chi connectivity index (χ4v) is 3.30. The second-order valence-corrected chi connectivity index (χ2v) is 8.30. The third-order valence-corrected chi connectivity index (χ3v) is 5.68. The maximum absolute atomic E-state index is 12.5. The van der Waals surface area contributed by atoms with E-state index in [-0.39, 0.29) is 23.4 Å². The molecule has 1 atom stereocenters. The van der Waals surface area contributed by atoms with Crippen molar-refractivity contribution in [3.63, 3.8) is 0 Å². The van der Waals surface area contributed by atoms with E-state index in [1.54, 1.807) is 24.5 Å². The summed E-state index contributed by atoms with van der Waals surface area (Å²) < 4.78 is 27.5. The lowest BCUT2D eigenvalue weighted by atomic mass is 10.1. The molecule has 0 fully saturated rings. The van der Waals surface area contributed by atoms with Crippen LogP contribution in [-0.2, 0) is 16.4 Å². The first-order valence-electron chi connectivity index (χ1n) is 8.59. The fourth-order valence-electron chi connectivity index (χ4n) is 2.22. The van der Waals surface area contributed by atoms with E-state index < -0.39 is 10.0 Å². The van der Waals surface area contributed by atoms with Crippen molar-refractivity contribution < 1.29 is 13.2 Å². The molecule has 7 heteroatoms. The molecule has 26 heavy (non-hydrogen) atoms. The molecular weight excluding hydrogens is 350 g/mol. The summed E-state index contributed by atoms with van der Waals surface area (Å²) in [5, 5.41) is 2.88. The van der Waals surface area contributed by atoms with Crippen molar-refractivity contribution in [2.75, 3.05) is 6.54 Å². The number of pyridine rings is 1. The molecule has 0 spiro atoms. The van der Waals surface area contributed by atoms with Gasteiger partial charge in [-0.1, -0.05) is 19.9 Å². The minimum Gasteiger partial charge on any atom is -0.349 e. The number of sulfonamides is 1. The normalized spacial score (nSPS) is 12.8. The van der Waals surface area contributed by atoms with Gasteiger partial charge in [-0.3, -0.25) is 9.78 Å². The Morgan fingerprint density at radius 3 is 2.46 bits per heavy atom. The molecule has 0 aliphatic carbocycles. The number of nitrogens with zero attached hydrogens (tertiary/aromatic N) is 1. The smallest absolute Gasteiger partial charge is 0.251 e. The Bertz CT molecular complexity index is 836. The van der Waals surface area contributed by atoms with Gasteiger partial charge < -0.3 is 5.32 Å². The van der Waals surface area contributed by atoms with Crippen LogP contribution in [0.25, 0.3) is 0 Å². The number of nitrogens with one attached hydrogen (secondary N) is 2. The van der Waals surface area contributed by atoms with E-state index in [0.717, 1.165) is 5.56 Å². The van der Waals surface area contributed by atoms with Gasteiger partial charge in [-0.15, -0.1) is 0 Å². The lowest BCUT2D eigenvalue weighted by Gasteiger charge is -2.17. The average Bonchev–Trinajstić information content (AvgIpc) is 2.62. The first kappa shape index (κ1) is 20.1. The molecule has 0 aliphatic rings.